The van der Waals surface area contributed by atoms with Crippen molar-refractivity contribution in [3.8, 4) is 0 Å². The number of carbonyl (C=O) groups is 2. The van der Waals surface area contributed by atoms with E-state index in [9.17, 15) is 9.59 Å². The Labute approximate surface area is 116 Å². The van der Waals surface area contributed by atoms with Gasteiger partial charge in [0, 0.05) is 5.92 Å². The number of nitrogens with zero attached hydrogens (tertiary/aromatic N) is 1. The zero-order chi connectivity index (χ0) is 14.4. The van der Waals surface area contributed by atoms with Crippen LogP contribution in [0.15, 0.2) is 0 Å². The number of amides is 2. The van der Waals surface area contributed by atoms with Gasteiger partial charge in [0.15, 0.2) is 0 Å². The van der Waals surface area contributed by atoms with Gasteiger partial charge < -0.3 is 4.74 Å². The second-order valence-electron chi connectivity index (χ2n) is 5.85. The summed E-state index contributed by atoms with van der Waals surface area (Å²) in [5.41, 5.74) is 0. The van der Waals surface area contributed by atoms with E-state index in [1.165, 1.54) is 17.7 Å². The predicted molar refractivity (Wildman–Crippen MR) is 74.7 cm³/mol. The standard InChI is InChI=1S/C15H27NO3/c1-5-6-7-8-9-12(4)14(17)16-13(11(2)3)10-19-15(16)18/h11-13H,5-10H2,1-4H3/t12?,13-/m1/s1. The fourth-order valence-corrected chi connectivity index (χ4v) is 2.42. The van der Waals surface area contributed by atoms with Crippen LogP contribution in [0.1, 0.15) is 59.8 Å². The number of hydrogen-bond acceptors (Lipinski definition) is 3. The summed E-state index contributed by atoms with van der Waals surface area (Å²) in [4.78, 5) is 25.4. The van der Waals surface area contributed by atoms with E-state index >= 15 is 0 Å². The topological polar surface area (TPSA) is 46.6 Å². The summed E-state index contributed by atoms with van der Waals surface area (Å²) in [6.07, 6.45) is 5.00. The molecule has 0 bridgehead atoms. The number of hydrogen-bond donors (Lipinski definition) is 0. The Morgan fingerprint density at radius 2 is 2.00 bits per heavy atom. The van der Waals surface area contributed by atoms with Gasteiger partial charge >= 0.3 is 6.09 Å². The molecule has 4 heteroatoms. The molecule has 1 rings (SSSR count). The summed E-state index contributed by atoms with van der Waals surface area (Å²) in [7, 11) is 0. The van der Waals surface area contributed by atoms with Crippen LogP contribution in [0.4, 0.5) is 4.79 Å². The van der Waals surface area contributed by atoms with Gasteiger partial charge in [-0.2, -0.15) is 0 Å². The van der Waals surface area contributed by atoms with E-state index < -0.39 is 6.09 Å². The molecular formula is C15H27NO3. The van der Waals surface area contributed by atoms with Crippen LogP contribution >= 0.6 is 0 Å². The van der Waals surface area contributed by atoms with Gasteiger partial charge in [0.2, 0.25) is 5.91 Å². The van der Waals surface area contributed by atoms with E-state index in [1.807, 2.05) is 20.8 Å². The van der Waals surface area contributed by atoms with Crippen LogP contribution in [0.3, 0.4) is 0 Å². The highest BCUT2D eigenvalue weighted by atomic mass is 16.6. The molecule has 1 aliphatic rings. The molecule has 0 spiro atoms. The van der Waals surface area contributed by atoms with Gasteiger partial charge in [-0.05, 0) is 12.3 Å². The number of rotatable bonds is 7. The second kappa shape index (κ2) is 7.51. The van der Waals surface area contributed by atoms with Gasteiger partial charge in [0.25, 0.3) is 0 Å². The van der Waals surface area contributed by atoms with Crippen LogP contribution in [-0.2, 0) is 9.53 Å². The first kappa shape index (κ1) is 16.0. The molecule has 0 N–H and O–H groups in total. The lowest BCUT2D eigenvalue weighted by Gasteiger charge is -2.25. The molecule has 0 aromatic carbocycles. The van der Waals surface area contributed by atoms with Crippen LogP contribution in [0.25, 0.3) is 0 Å². The molecule has 0 aromatic rings. The highest BCUT2D eigenvalue weighted by Gasteiger charge is 2.40. The zero-order valence-electron chi connectivity index (χ0n) is 12.6. The van der Waals surface area contributed by atoms with E-state index in [-0.39, 0.29) is 23.8 Å². The molecule has 2 amide bonds. The third kappa shape index (κ3) is 4.22. The Balaban J connectivity index is 2.52. The minimum absolute atomic E-state index is 0.0716. The van der Waals surface area contributed by atoms with Crippen LogP contribution < -0.4 is 0 Å². The second-order valence-corrected chi connectivity index (χ2v) is 5.85. The van der Waals surface area contributed by atoms with Gasteiger partial charge in [-0.15, -0.1) is 0 Å². The molecule has 0 saturated carbocycles. The maximum Gasteiger partial charge on any atom is 0.416 e. The summed E-state index contributed by atoms with van der Waals surface area (Å²) in [5.74, 6) is 0.0733. The first-order chi connectivity index (χ1) is 8.99. The molecule has 110 valence electrons. The molecular weight excluding hydrogens is 242 g/mol. The average molecular weight is 269 g/mol. The van der Waals surface area contributed by atoms with E-state index in [0.717, 1.165) is 19.3 Å². The first-order valence-corrected chi connectivity index (χ1v) is 7.48. The van der Waals surface area contributed by atoms with E-state index in [0.29, 0.717) is 6.61 Å². The largest absolute Gasteiger partial charge is 0.447 e. The van der Waals surface area contributed by atoms with Crippen LogP contribution in [0.5, 0.6) is 0 Å². The lowest BCUT2D eigenvalue weighted by Crippen LogP contribution is -2.44. The highest BCUT2D eigenvalue weighted by Crippen LogP contribution is 2.23. The van der Waals surface area contributed by atoms with Crippen molar-refractivity contribution in [2.45, 2.75) is 65.8 Å². The molecule has 1 saturated heterocycles. The van der Waals surface area contributed by atoms with Crippen molar-refractivity contribution in [2.24, 2.45) is 11.8 Å². The fourth-order valence-electron chi connectivity index (χ4n) is 2.42. The Hall–Kier alpha value is -1.06. The number of cyclic esters (lactones) is 1. The lowest BCUT2D eigenvalue weighted by atomic mass is 9.98. The van der Waals surface area contributed by atoms with Gasteiger partial charge in [0.05, 0.1) is 6.04 Å². The highest BCUT2D eigenvalue weighted by molar-refractivity contribution is 5.94. The number of carbonyl (C=O) groups excluding carboxylic acids is 2. The van der Waals surface area contributed by atoms with E-state index in [4.69, 9.17) is 4.74 Å². The molecule has 1 fully saturated rings. The van der Waals surface area contributed by atoms with Crippen molar-refractivity contribution in [1.82, 2.24) is 4.90 Å². The van der Waals surface area contributed by atoms with Gasteiger partial charge in [-0.1, -0.05) is 53.4 Å². The molecule has 1 heterocycles. The van der Waals surface area contributed by atoms with Crippen molar-refractivity contribution in [2.75, 3.05) is 6.61 Å². The Morgan fingerprint density at radius 1 is 1.32 bits per heavy atom. The monoisotopic (exact) mass is 269 g/mol. The molecule has 0 radical (unpaired) electrons. The van der Waals surface area contributed by atoms with Crippen LogP contribution in [0.2, 0.25) is 0 Å². The third-order valence-corrected chi connectivity index (χ3v) is 3.83. The van der Waals surface area contributed by atoms with Gasteiger partial charge in [-0.25, -0.2) is 9.69 Å². The Bertz CT molecular complexity index is 315. The maximum atomic E-state index is 12.4. The lowest BCUT2D eigenvalue weighted by molar-refractivity contribution is -0.133. The quantitative estimate of drug-likeness (QED) is 0.663. The van der Waals surface area contributed by atoms with Crippen molar-refractivity contribution in [3.05, 3.63) is 0 Å². The molecule has 2 atom stereocenters. The molecule has 1 unspecified atom stereocenters. The first-order valence-electron chi connectivity index (χ1n) is 7.48. The molecule has 1 aliphatic heterocycles. The summed E-state index contributed by atoms with van der Waals surface area (Å²) in [5, 5.41) is 0. The summed E-state index contributed by atoms with van der Waals surface area (Å²) >= 11 is 0. The zero-order valence-corrected chi connectivity index (χ0v) is 12.6. The van der Waals surface area contributed by atoms with Crippen molar-refractivity contribution < 1.29 is 14.3 Å². The molecule has 0 aromatic heterocycles. The van der Waals surface area contributed by atoms with Gasteiger partial charge in [-0.3, -0.25) is 4.79 Å². The van der Waals surface area contributed by atoms with Crippen molar-refractivity contribution >= 4 is 12.0 Å². The smallest absolute Gasteiger partial charge is 0.416 e. The minimum Gasteiger partial charge on any atom is -0.447 e. The molecule has 4 nitrogen and oxygen atoms in total. The number of unbranched alkanes of at least 4 members (excludes halogenated alkanes) is 3. The summed E-state index contributed by atoms with van der Waals surface area (Å²) in [6.45, 7) is 8.45. The average Bonchev–Trinajstić information content (AvgIpc) is 2.75. The van der Waals surface area contributed by atoms with Crippen LogP contribution in [0, 0.1) is 11.8 Å². The number of ether oxygens (including phenoxy) is 1. The maximum absolute atomic E-state index is 12.4. The Morgan fingerprint density at radius 3 is 2.58 bits per heavy atom. The minimum atomic E-state index is -0.468. The Kier molecular flexibility index (Phi) is 6.32. The van der Waals surface area contributed by atoms with Crippen LogP contribution in [-0.4, -0.2) is 29.5 Å². The van der Waals surface area contributed by atoms with Crippen molar-refractivity contribution in [3.63, 3.8) is 0 Å². The number of imide groups is 1. The molecule has 0 aliphatic carbocycles. The predicted octanol–water partition coefficient (Wildman–Crippen LogP) is 3.60. The fraction of sp³-hybridized carbons (Fsp3) is 0.867. The third-order valence-electron chi connectivity index (χ3n) is 3.83. The SMILES string of the molecule is CCCCCCC(C)C(=O)N1C(=O)OC[C@@H]1C(C)C. The molecule has 19 heavy (non-hydrogen) atoms. The van der Waals surface area contributed by atoms with E-state index in [1.54, 1.807) is 0 Å². The summed E-state index contributed by atoms with van der Waals surface area (Å²) in [6, 6.07) is -0.0990. The van der Waals surface area contributed by atoms with Gasteiger partial charge in [0.1, 0.15) is 6.61 Å². The summed E-state index contributed by atoms with van der Waals surface area (Å²) < 4.78 is 5.02. The normalized spacial score (nSPS) is 20.8. The van der Waals surface area contributed by atoms with E-state index in [2.05, 4.69) is 6.92 Å². The van der Waals surface area contributed by atoms with Crippen molar-refractivity contribution in [1.29, 1.82) is 0 Å².